The van der Waals surface area contributed by atoms with Crippen LogP contribution in [0.3, 0.4) is 0 Å². The fourth-order valence-corrected chi connectivity index (χ4v) is 5.23. The highest BCUT2D eigenvalue weighted by molar-refractivity contribution is 8.00. The van der Waals surface area contributed by atoms with Gasteiger partial charge in [-0.3, -0.25) is 0 Å². The molecule has 0 amide bonds. The molecule has 3 aromatic rings. The summed E-state index contributed by atoms with van der Waals surface area (Å²) in [6.45, 7) is 8.03. The molecule has 0 aliphatic carbocycles. The Morgan fingerprint density at radius 2 is 1.75 bits per heavy atom. The zero-order chi connectivity index (χ0) is 16.7. The number of hydrogen-bond acceptors (Lipinski definition) is 9. The number of thioether (sulfide) groups is 1. The van der Waals surface area contributed by atoms with Crippen molar-refractivity contribution in [2.45, 2.75) is 18.2 Å². The lowest BCUT2D eigenvalue weighted by Crippen LogP contribution is -2.46. The van der Waals surface area contributed by atoms with Crippen LogP contribution >= 0.6 is 34.4 Å². The SMILES string of the molecule is CSc1nc2ncnc(N3CCN(c4nc(C)c(C)s4)CC3)c2s1. The first-order valence-corrected chi connectivity index (χ1v) is 10.6. The van der Waals surface area contributed by atoms with Crippen LogP contribution in [0.4, 0.5) is 10.9 Å². The van der Waals surface area contributed by atoms with Crippen LogP contribution in [0.5, 0.6) is 0 Å². The van der Waals surface area contributed by atoms with Crippen LogP contribution in [0, 0.1) is 13.8 Å². The van der Waals surface area contributed by atoms with E-state index in [0.717, 1.165) is 57.5 Å². The summed E-state index contributed by atoms with van der Waals surface area (Å²) in [5, 5.41) is 1.14. The van der Waals surface area contributed by atoms with Gasteiger partial charge in [0.1, 0.15) is 11.0 Å². The third-order valence-corrected chi connectivity index (χ3v) is 7.35. The summed E-state index contributed by atoms with van der Waals surface area (Å²) in [7, 11) is 0. The molecule has 1 fully saturated rings. The van der Waals surface area contributed by atoms with Crippen molar-refractivity contribution in [3.05, 3.63) is 16.9 Å². The molecule has 0 atom stereocenters. The van der Waals surface area contributed by atoms with Crippen LogP contribution in [0.25, 0.3) is 10.3 Å². The Labute approximate surface area is 153 Å². The summed E-state index contributed by atoms with van der Waals surface area (Å²) in [5.74, 6) is 1.02. The number of aryl methyl sites for hydroxylation is 2. The maximum absolute atomic E-state index is 4.69. The Balaban J connectivity index is 1.54. The van der Waals surface area contributed by atoms with Crippen molar-refractivity contribution in [3.63, 3.8) is 0 Å². The van der Waals surface area contributed by atoms with Gasteiger partial charge >= 0.3 is 0 Å². The molecule has 9 heteroatoms. The van der Waals surface area contributed by atoms with Gasteiger partial charge in [0.2, 0.25) is 0 Å². The van der Waals surface area contributed by atoms with Gasteiger partial charge in [0.05, 0.1) is 5.69 Å². The molecule has 4 heterocycles. The first-order valence-electron chi connectivity index (χ1n) is 7.75. The molecule has 126 valence electrons. The van der Waals surface area contributed by atoms with Gasteiger partial charge in [-0.05, 0) is 20.1 Å². The topological polar surface area (TPSA) is 58.0 Å². The third-order valence-electron chi connectivity index (χ3n) is 4.19. The molecular weight excluding hydrogens is 360 g/mol. The Morgan fingerprint density at radius 3 is 2.42 bits per heavy atom. The van der Waals surface area contributed by atoms with Crippen LogP contribution in [0.2, 0.25) is 0 Å². The lowest BCUT2D eigenvalue weighted by atomic mass is 10.3. The zero-order valence-corrected chi connectivity index (χ0v) is 16.3. The van der Waals surface area contributed by atoms with Crippen LogP contribution < -0.4 is 9.80 Å². The quantitative estimate of drug-likeness (QED) is 0.649. The molecule has 0 aromatic carbocycles. The van der Waals surface area contributed by atoms with Gasteiger partial charge in [0.15, 0.2) is 20.9 Å². The van der Waals surface area contributed by atoms with Crippen LogP contribution in [-0.2, 0) is 0 Å². The van der Waals surface area contributed by atoms with Crippen LogP contribution in [0.1, 0.15) is 10.6 Å². The highest BCUT2D eigenvalue weighted by Crippen LogP contribution is 2.33. The molecule has 1 aliphatic heterocycles. The normalized spacial score (nSPS) is 15.5. The Hall–Kier alpha value is -1.45. The highest BCUT2D eigenvalue weighted by atomic mass is 32.2. The fraction of sp³-hybridized carbons (Fsp3) is 0.467. The predicted molar refractivity (Wildman–Crippen MR) is 103 cm³/mol. The number of aromatic nitrogens is 4. The molecule has 24 heavy (non-hydrogen) atoms. The van der Waals surface area contributed by atoms with Crippen molar-refractivity contribution >= 4 is 55.7 Å². The molecule has 0 N–H and O–H groups in total. The van der Waals surface area contributed by atoms with E-state index >= 15 is 0 Å². The molecule has 3 aromatic heterocycles. The molecule has 0 unspecified atom stereocenters. The van der Waals surface area contributed by atoms with E-state index in [1.807, 2.05) is 6.26 Å². The number of thiazole rings is 2. The summed E-state index contributed by atoms with van der Waals surface area (Å²) in [6, 6.07) is 0. The van der Waals surface area contributed by atoms with Gasteiger partial charge in [-0.2, -0.15) is 0 Å². The summed E-state index contributed by atoms with van der Waals surface area (Å²) in [6.07, 6.45) is 3.67. The number of fused-ring (bicyclic) bond motifs is 1. The van der Waals surface area contributed by atoms with Crippen molar-refractivity contribution in [2.24, 2.45) is 0 Å². The molecule has 0 bridgehead atoms. The maximum atomic E-state index is 4.69. The minimum absolute atomic E-state index is 0.808. The molecule has 4 rings (SSSR count). The lowest BCUT2D eigenvalue weighted by Gasteiger charge is -2.35. The fourth-order valence-electron chi connectivity index (χ4n) is 2.74. The van der Waals surface area contributed by atoms with E-state index in [1.165, 1.54) is 4.88 Å². The Kier molecular flexibility index (Phi) is 4.31. The Morgan fingerprint density at radius 1 is 1.00 bits per heavy atom. The van der Waals surface area contributed by atoms with Crippen LogP contribution in [-0.4, -0.2) is 52.4 Å². The summed E-state index contributed by atoms with van der Waals surface area (Å²) >= 11 is 5.13. The second-order valence-electron chi connectivity index (χ2n) is 5.65. The first-order chi connectivity index (χ1) is 11.7. The standard InChI is InChI=1S/C15H18N6S3/c1-9-10(2)23-14(18-9)21-6-4-20(5-7-21)13-11-12(16-8-17-13)19-15(22-3)24-11/h8H,4-7H2,1-3H3. The van der Waals surface area contributed by atoms with Crippen molar-refractivity contribution in [1.29, 1.82) is 0 Å². The molecule has 1 saturated heterocycles. The number of rotatable bonds is 3. The van der Waals surface area contributed by atoms with E-state index in [-0.39, 0.29) is 0 Å². The third kappa shape index (κ3) is 2.84. The first kappa shape index (κ1) is 16.0. The summed E-state index contributed by atoms with van der Waals surface area (Å²) in [4.78, 5) is 24.1. The Bertz CT molecular complexity index is 846. The molecule has 1 aliphatic rings. The van der Waals surface area contributed by atoms with Crippen molar-refractivity contribution in [2.75, 3.05) is 42.2 Å². The van der Waals surface area contributed by atoms with Crippen molar-refractivity contribution in [1.82, 2.24) is 19.9 Å². The number of nitrogens with zero attached hydrogens (tertiary/aromatic N) is 6. The van der Waals surface area contributed by atoms with Gasteiger partial charge < -0.3 is 9.80 Å². The minimum Gasteiger partial charge on any atom is -0.352 e. The molecule has 0 spiro atoms. The van der Waals surface area contributed by atoms with E-state index in [1.54, 1.807) is 40.8 Å². The predicted octanol–water partition coefficient (Wildman–Crippen LogP) is 3.21. The monoisotopic (exact) mass is 378 g/mol. The molecule has 0 saturated carbocycles. The van der Waals surface area contributed by atoms with Gasteiger partial charge in [-0.1, -0.05) is 11.8 Å². The number of hydrogen-bond donors (Lipinski definition) is 0. The van der Waals surface area contributed by atoms with Gasteiger partial charge in [-0.25, -0.2) is 19.9 Å². The average molecular weight is 379 g/mol. The largest absolute Gasteiger partial charge is 0.352 e. The number of piperazine rings is 1. The van der Waals surface area contributed by atoms with E-state index in [4.69, 9.17) is 0 Å². The highest BCUT2D eigenvalue weighted by Gasteiger charge is 2.23. The van der Waals surface area contributed by atoms with Crippen molar-refractivity contribution < 1.29 is 0 Å². The second-order valence-corrected chi connectivity index (χ2v) is 8.88. The van der Waals surface area contributed by atoms with Gasteiger partial charge in [0, 0.05) is 31.1 Å². The van der Waals surface area contributed by atoms with Crippen molar-refractivity contribution in [3.8, 4) is 0 Å². The number of anilines is 2. The zero-order valence-electron chi connectivity index (χ0n) is 13.8. The maximum Gasteiger partial charge on any atom is 0.185 e. The van der Waals surface area contributed by atoms with E-state index in [0.29, 0.717) is 0 Å². The molecule has 0 radical (unpaired) electrons. The average Bonchev–Trinajstić information content (AvgIpc) is 3.18. The molecular formula is C15H18N6S3. The van der Waals surface area contributed by atoms with Crippen LogP contribution in [0.15, 0.2) is 10.7 Å². The van der Waals surface area contributed by atoms with E-state index in [9.17, 15) is 0 Å². The lowest BCUT2D eigenvalue weighted by molar-refractivity contribution is 0.647. The van der Waals surface area contributed by atoms with Gasteiger partial charge in [0.25, 0.3) is 0 Å². The summed E-state index contributed by atoms with van der Waals surface area (Å²) in [5.41, 5.74) is 1.95. The van der Waals surface area contributed by atoms with E-state index < -0.39 is 0 Å². The van der Waals surface area contributed by atoms with E-state index in [2.05, 4.69) is 43.6 Å². The second kappa shape index (κ2) is 6.45. The van der Waals surface area contributed by atoms with Gasteiger partial charge in [-0.15, -0.1) is 22.7 Å². The minimum atomic E-state index is 0.808. The summed E-state index contributed by atoms with van der Waals surface area (Å²) < 4.78 is 2.13. The smallest absolute Gasteiger partial charge is 0.185 e. The molecule has 6 nitrogen and oxygen atoms in total.